The molecule has 1 aromatic rings. The van der Waals surface area contributed by atoms with Gasteiger partial charge in [0, 0.05) is 25.3 Å². The maximum absolute atomic E-state index is 8.72. The summed E-state index contributed by atoms with van der Waals surface area (Å²) in [5.74, 6) is 0.813. The highest BCUT2D eigenvalue weighted by atomic mass is 16.5. The molecule has 0 spiro atoms. The summed E-state index contributed by atoms with van der Waals surface area (Å²) in [5.41, 5.74) is 1.93. The van der Waals surface area contributed by atoms with E-state index in [9.17, 15) is 0 Å². The minimum absolute atomic E-state index is 0.155. The van der Waals surface area contributed by atoms with Crippen molar-refractivity contribution >= 4 is 0 Å². The second-order valence-corrected chi connectivity index (χ2v) is 4.00. The van der Waals surface area contributed by atoms with Crippen molar-refractivity contribution in [3.8, 4) is 5.75 Å². The molecule has 0 unspecified atom stereocenters. The molecule has 2 N–H and O–H groups in total. The van der Waals surface area contributed by atoms with Crippen molar-refractivity contribution in [3.63, 3.8) is 0 Å². The highest BCUT2D eigenvalue weighted by Gasteiger charge is 2.05. The molecule has 1 rings (SSSR count). The van der Waals surface area contributed by atoms with Gasteiger partial charge in [-0.2, -0.15) is 0 Å². The minimum atomic E-state index is 0.155. The first-order valence-electron chi connectivity index (χ1n) is 6.18. The van der Waals surface area contributed by atoms with Gasteiger partial charge in [0.2, 0.25) is 0 Å². The molecule has 1 heterocycles. The van der Waals surface area contributed by atoms with Crippen LogP contribution in [0.5, 0.6) is 5.75 Å². The summed E-state index contributed by atoms with van der Waals surface area (Å²) < 4.78 is 5.60. The van der Waals surface area contributed by atoms with Gasteiger partial charge in [0.1, 0.15) is 5.75 Å². The Hall–Kier alpha value is -1.13. The van der Waals surface area contributed by atoms with Crippen LogP contribution in [0.15, 0.2) is 12.1 Å². The van der Waals surface area contributed by atoms with E-state index in [4.69, 9.17) is 9.84 Å². The Morgan fingerprint density at radius 3 is 2.94 bits per heavy atom. The van der Waals surface area contributed by atoms with Gasteiger partial charge in [-0.05, 0) is 32.0 Å². The van der Waals surface area contributed by atoms with Gasteiger partial charge < -0.3 is 15.2 Å². The Morgan fingerprint density at radius 2 is 2.24 bits per heavy atom. The summed E-state index contributed by atoms with van der Waals surface area (Å²) >= 11 is 0. The van der Waals surface area contributed by atoms with Crippen molar-refractivity contribution in [1.29, 1.82) is 0 Å². The minimum Gasteiger partial charge on any atom is -0.492 e. The van der Waals surface area contributed by atoms with Crippen LogP contribution < -0.4 is 10.1 Å². The third-order valence-electron chi connectivity index (χ3n) is 2.35. The molecular weight excluding hydrogens is 216 g/mol. The van der Waals surface area contributed by atoms with Crippen LogP contribution in [0.3, 0.4) is 0 Å². The Bertz CT molecular complexity index is 329. The van der Waals surface area contributed by atoms with Gasteiger partial charge in [0.25, 0.3) is 0 Å². The third kappa shape index (κ3) is 5.15. The first kappa shape index (κ1) is 13.9. The summed E-state index contributed by atoms with van der Waals surface area (Å²) in [6, 6.07) is 3.89. The lowest BCUT2D eigenvalue weighted by Gasteiger charge is -2.11. The molecule has 0 atom stereocenters. The molecule has 0 radical (unpaired) electrons. The molecule has 4 heteroatoms. The summed E-state index contributed by atoms with van der Waals surface area (Å²) in [6.45, 7) is 6.50. The smallest absolute Gasteiger partial charge is 0.142 e. The number of aryl methyl sites for hydroxylation is 1. The zero-order valence-electron chi connectivity index (χ0n) is 10.7. The maximum Gasteiger partial charge on any atom is 0.142 e. The molecule has 0 aliphatic heterocycles. The predicted molar refractivity (Wildman–Crippen MR) is 68.2 cm³/mol. The first-order valence-corrected chi connectivity index (χ1v) is 6.18. The number of aromatic nitrogens is 1. The molecule has 0 bridgehead atoms. The van der Waals surface area contributed by atoms with Crippen LogP contribution in [0, 0.1) is 6.92 Å². The number of aliphatic hydroxyl groups is 1. The van der Waals surface area contributed by atoms with E-state index >= 15 is 0 Å². The van der Waals surface area contributed by atoms with Gasteiger partial charge in [0.05, 0.1) is 12.3 Å². The van der Waals surface area contributed by atoms with E-state index in [0.29, 0.717) is 13.0 Å². The fourth-order valence-electron chi connectivity index (χ4n) is 1.49. The molecule has 1 aromatic heterocycles. The maximum atomic E-state index is 8.72. The largest absolute Gasteiger partial charge is 0.492 e. The number of hydrogen-bond acceptors (Lipinski definition) is 4. The van der Waals surface area contributed by atoms with E-state index in [2.05, 4.69) is 17.2 Å². The number of hydrogen-bond donors (Lipinski definition) is 2. The van der Waals surface area contributed by atoms with E-state index in [1.807, 2.05) is 19.1 Å². The fraction of sp³-hybridized carbons (Fsp3) is 0.615. The first-order chi connectivity index (χ1) is 8.27. The number of aliphatic hydroxyl groups excluding tert-OH is 1. The van der Waals surface area contributed by atoms with E-state index in [1.165, 1.54) is 0 Å². The molecule has 0 saturated carbocycles. The van der Waals surface area contributed by atoms with Crippen molar-refractivity contribution in [2.24, 2.45) is 0 Å². The van der Waals surface area contributed by atoms with Crippen molar-refractivity contribution in [1.82, 2.24) is 10.3 Å². The number of rotatable bonds is 8. The van der Waals surface area contributed by atoms with E-state index in [1.54, 1.807) is 0 Å². The van der Waals surface area contributed by atoms with Crippen molar-refractivity contribution in [2.45, 2.75) is 33.2 Å². The SMILES string of the molecule is CCCNCc1nc(C)ccc1OCCCO. The second kappa shape index (κ2) is 8.03. The predicted octanol–water partition coefficient (Wildman–Crippen LogP) is 1.65. The quantitative estimate of drug-likeness (QED) is 0.676. The summed E-state index contributed by atoms with van der Waals surface area (Å²) in [7, 11) is 0. The van der Waals surface area contributed by atoms with Crippen molar-refractivity contribution in [2.75, 3.05) is 19.8 Å². The molecule has 0 aromatic carbocycles. The molecule has 96 valence electrons. The van der Waals surface area contributed by atoms with Crippen LogP contribution in [0.4, 0.5) is 0 Å². The standard InChI is InChI=1S/C13H22N2O2/c1-3-7-14-10-12-13(17-9-4-8-16)6-5-11(2)15-12/h5-6,14,16H,3-4,7-10H2,1-2H3. The average Bonchev–Trinajstić information content (AvgIpc) is 2.32. The monoisotopic (exact) mass is 238 g/mol. The number of nitrogens with zero attached hydrogens (tertiary/aromatic N) is 1. The van der Waals surface area contributed by atoms with Gasteiger partial charge in [0.15, 0.2) is 0 Å². The van der Waals surface area contributed by atoms with Crippen LogP contribution in [0.2, 0.25) is 0 Å². The summed E-state index contributed by atoms with van der Waals surface area (Å²) in [5, 5.41) is 12.0. The number of ether oxygens (including phenoxy) is 1. The molecule has 0 saturated heterocycles. The van der Waals surface area contributed by atoms with Gasteiger partial charge >= 0.3 is 0 Å². The Labute approximate surface area is 103 Å². The van der Waals surface area contributed by atoms with E-state index < -0.39 is 0 Å². The fourth-order valence-corrected chi connectivity index (χ4v) is 1.49. The molecule has 0 amide bonds. The van der Waals surface area contributed by atoms with Crippen LogP contribution in [-0.4, -0.2) is 29.8 Å². The molecule has 17 heavy (non-hydrogen) atoms. The van der Waals surface area contributed by atoms with Crippen molar-refractivity contribution < 1.29 is 9.84 Å². The zero-order chi connectivity index (χ0) is 12.5. The molecule has 0 fully saturated rings. The molecule has 4 nitrogen and oxygen atoms in total. The van der Waals surface area contributed by atoms with Gasteiger partial charge in [-0.25, -0.2) is 0 Å². The van der Waals surface area contributed by atoms with E-state index in [-0.39, 0.29) is 6.61 Å². The van der Waals surface area contributed by atoms with Crippen LogP contribution in [0.25, 0.3) is 0 Å². The number of pyridine rings is 1. The Morgan fingerprint density at radius 1 is 1.41 bits per heavy atom. The van der Waals surface area contributed by atoms with Crippen LogP contribution >= 0.6 is 0 Å². The lowest BCUT2D eigenvalue weighted by atomic mass is 10.2. The average molecular weight is 238 g/mol. The highest BCUT2D eigenvalue weighted by Crippen LogP contribution is 2.17. The van der Waals surface area contributed by atoms with E-state index in [0.717, 1.165) is 36.6 Å². The molecular formula is C13H22N2O2. The Balaban J connectivity index is 2.59. The van der Waals surface area contributed by atoms with Crippen LogP contribution in [-0.2, 0) is 6.54 Å². The highest BCUT2D eigenvalue weighted by molar-refractivity contribution is 5.29. The topological polar surface area (TPSA) is 54.4 Å². The number of nitrogens with one attached hydrogen (secondary N) is 1. The lowest BCUT2D eigenvalue weighted by molar-refractivity contribution is 0.231. The molecule has 0 aliphatic carbocycles. The summed E-state index contributed by atoms with van der Waals surface area (Å²) in [6.07, 6.45) is 1.75. The summed E-state index contributed by atoms with van der Waals surface area (Å²) in [4.78, 5) is 4.47. The lowest BCUT2D eigenvalue weighted by Crippen LogP contribution is -2.16. The van der Waals surface area contributed by atoms with Crippen LogP contribution in [0.1, 0.15) is 31.2 Å². The third-order valence-corrected chi connectivity index (χ3v) is 2.35. The van der Waals surface area contributed by atoms with Gasteiger partial charge in [-0.1, -0.05) is 6.92 Å². The molecule has 0 aliphatic rings. The second-order valence-electron chi connectivity index (χ2n) is 4.00. The van der Waals surface area contributed by atoms with Gasteiger partial charge in [-0.3, -0.25) is 4.98 Å². The van der Waals surface area contributed by atoms with Gasteiger partial charge in [-0.15, -0.1) is 0 Å². The van der Waals surface area contributed by atoms with Crippen molar-refractivity contribution in [3.05, 3.63) is 23.5 Å². The zero-order valence-corrected chi connectivity index (χ0v) is 10.7. The normalized spacial score (nSPS) is 10.5. The Kier molecular flexibility index (Phi) is 6.58.